The van der Waals surface area contributed by atoms with Crippen LogP contribution in [0, 0.1) is 5.41 Å². The summed E-state index contributed by atoms with van der Waals surface area (Å²) in [6, 6.07) is 10.8. The van der Waals surface area contributed by atoms with Crippen LogP contribution in [0.25, 0.3) is 0 Å². The highest BCUT2D eigenvalue weighted by Crippen LogP contribution is 2.34. The first-order chi connectivity index (χ1) is 17.0. The Morgan fingerprint density at radius 1 is 1.11 bits per heavy atom. The van der Waals surface area contributed by atoms with Gasteiger partial charge in [-0.05, 0) is 57.2 Å². The standard InChI is InChI=1S/C24H32N4O7S/c1-5-34-21-14-19(10-11-20(21)35-16(2)3)28(36(31,32)13-12-23(30)33-4)22(29)15-27-18-8-6-17(7-9-18)24(25)26/h6-11,14,16,27H,5,12-13,15H2,1-4H3,(H3,25,26). The number of benzene rings is 2. The Bertz CT molecular complexity index is 1180. The van der Waals surface area contributed by atoms with Crippen molar-refractivity contribution >= 4 is 39.1 Å². The van der Waals surface area contributed by atoms with Crippen molar-refractivity contribution in [3.05, 3.63) is 48.0 Å². The Morgan fingerprint density at radius 2 is 1.78 bits per heavy atom. The first-order valence-corrected chi connectivity index (χ1v) is 12.8. The van der Waals surface area contributed by atoms with Gasteiger partial charge in [0.2, 0.25) is 10.0 Å². The molecule has 0 radical (unpaired) electrons. The molecule has 0 atom stereocenters. The van der Waals surface area contributed by atoms with E-state index in [1.54, 1.807) is 31.2 Å². The van der Waals surface area contributed by atoms with Gasteiger partial charge < -0.3 is 25.3 Å². The second-order valence-electron chi connectivity index (χ2n) is 7.88. The van der Waals surface area contributed by atoms with Crippen LogP contribution in [0.15, 0.2) is 42.5 Å². The van der Waals surface area contributed by atoms with Gasteiger partial charge >= 0.3 is 5.97 Å². The summed E-state index contributed by atoms with van der Waals surface area (Å²) < 4.78 is 43.0. The number of nitrogen functional groups attached to an aromatic ring is 1. The summed E-state index contributed by atoms with van der Waals surface area (Å²) >= 11 is 0. The lowest BCUT2D eigenvalue weighted by molar-refractivity contribution is -0.140. The maximum absolute atomic E-state index is 13.2. The van der Waals surface area contributed by atoms with Crippen LogP contribution in [0.2, 0.25) is 0 Å². The van der Waals surface area contributed by atoms with Gasteiger partial charge in [-0.2, -0.15) is 0 Å². The zero-order valence-corrected chi connectivity index (χ0v) is 21.6. The van der Waals surface area contributed by atoms with Crippen LogP contribution in [-0.4, -0.2) is 58.2 Å². The number of hydrogen-bond acceptors (Lipinski definition) is 9. The molecule has 11 nitrogen and oxygen atoms in total. The number of amides is 1. The van der Waals surface area contributed by atoms with Gasteiger partial charge in [0, 0.05) is 17.3 Å². The van der Waals surface area contributed by atoms with Crippen LogP contribution in [0.4, 0.5) is 11.4 Å². The monoisotopic (exact) mass is 520 g/mol. The summed E-state index contributed by atoms with van der Waals surface area (Å²) in [7, 11) is -3.11. The number of nitrogens with two attached hydrogens (primary N) is 1. The number of ether oxygens (including phenoxy) is 3. The molecule has 0 aliphatic heterocycles. The van der Waals surface area contributed by atoms with Gasteiger partial charge in [0.05, 0.1) is 44.2 Å². The third kappa shape index (κ3) is 7.87. The molecule has 0 fully saturated rings. The average molecular weight is 521 g/mol. The van der Waals surface area contributed by atoms with Crippen LogP contribution in [0.1, 0.15) is 32.8 Å². The molecule has 0 aliphatic carbocycles. The minimum absolute atomic E-state index is 0.0400. The minimum Gasteiger partial charge on any atom is -0.490 e. The maximum atomic E-state index is 13.2. The Morgan fingerprint density at radius 3 is 2.33 bits per heavy atom. The van der Waals surface area contributed by atoms with Gasteiger partial charge in [0.25, 0.3) is 5.91 Å². The van der Waals surface area contributed by atoms with E-state index in [1.807, 2.05) is 13.8 Å². The van der Waals surface area contributed by atoms with Crippen molar-refractivity contribution in [1.82, 2.24) is 0 Å². The van der Waals surface area contributed by atoms with Gasteiger partial charge in [0.1, 0.15) is 5.84 Å². The fourth-order valence-corrected chi connectivity index (χ4v) is 4.54. The quantitative estimate of drug-likeness (QED) is 0.205. The van der Waals surface area contributed by atoms with Crippen molar-refractivity contribution < 1.29 is 32.2 Å². The lowest BCUT2D eigenvalue weighted by atomic mass is 10.2. The summed E-state index contributed by atoms with van der Waals surface area (Å²) in [5.74, 6) is -1.56. The number of anilines is 2. The van der Waals surface area contributed by atoms with E-state index in [-0.39, 0.29) is 29.9 Å². The molecule has 0 heterocycles. The van der Waals surface area contributed by atoms with Crippen molar-refractivity contribution in [3.8, 4) is 11.5 Å². The molecule has 0 aliphatic rings. The fourth-order valence-electron chi connectivity index (χ4n) is 3.13. The Labute approximate surface area is 211 Å². The third-order valence-electron chi connectivity index (χ3n) is 4.76. The second kappa shape index (κ2) is 12.8. The lowest BCUT2D eigenvalue weighted by Crippen LogP contribution is -2.42. The summed E-state index contributed by atoms with van der Waals surface area (Å²) in [6.45, 7) is 5.36. The van der Waals surface area contributed by atoms with Crippen molar-refractivity contribution in [3.63, 3.8) is 0 Å². The predicted molar refractivity (Wildman–Crippen MR) is 137 cm³/mol. The van der Waals surface area contributed by atoms with Crippen molar-refractivity contribution in [2.24, 2.45) is 5.73 Å². The van der Waals surface area contributed by atoms with Crippen LogP contribution in [-0.2, 0) is 24.3 Å². The second-order valence-corrected chi connectivity index (χ2v) is 9.81. The molecule has 0 spiro atoms. The van der Waals surface area contributed by atoms with Gasteiger partial charge in [-0.1, -0.05) is 0 Å². The van der Waals surface area contributed by atoms with E-state index >= 15 is 0 Å². The Hall–Kier alpha value is -3.80. The molecule has 0 aromatic heterocycles. The smallest absolute Gasteiger partial charge is 0.306 e. The zero-order chi connectivity index (χ0) is 26.9. The number of hydrogen-bond donors (Lipinski definition) is 3. The van der Waals surface area contributed by atoms with Crippen LogP contribution in [0.3, 0.4) is 0 Å². The summed E-state index contributed by atoms with van der Waals surface area (Å²) in [6.07, 6.45) is -0.578. The van der Waals surface area contributed by atoms with E-state index in [0.29, 0.717) is 27.9 Å². The summed E-state index contributed by atoms with van der Waals surface area (Å²) in [4.78, 5) is 24.8. The number of rotatable bonds is 13. The molecular formula is C24H32N4O7S. The minimum atomic E-state index is -4.27. The van der Waals surface area contributed by atoms with Crippen LogP contribution < -0.4 is 24.8 Å². The van der Waals surface area contributed by atoms with E-state index in [9.17, 15) is 18.0 Å². The van der Waals surface area contributed by atoms with E-state index < -0.39 is 34.1 Å². The highest BCUT2D eigenvalue weighted by atomic mass is 32.2. The van der Waals surface area contributed by atoms with E-state index in [2.05, 4.69) is 10.1 Å². The molecular weight excluding hydrogens is 488 g/mol. The van der Waals surface area contributed by atoms with Crippen molar-refractivity contribution in [2.45, 2.75) is 33.3 Å². The molecule has 2 rings (SSSR count). The highest BCUT2D eigenvalue weighted by molar-refractivity contribution is 7.93. The van der Waals surface area contributed by atoms with Crippen molar-refractivity contribution in [2.75, 3.05) is 35.6 Å². The number of sulfonamides is 1. The summed E-state index contributed by atoms with van der Waals surface area (Å²) in [5, 5.41) is 10.3. The number of nitrogens with zero attached hydrogens (tertiary/aromatic N) is 1. The molecule has 4 N–H and O–H groups in total. The van der Waals surface area contributed by atoms with Crippen molar-refractivity contribution in [1.29, 1.82) is 5.41 Å². The Kier molecular flexibility index (Phi) is 10.1. The molecule has 1 amide bonds. The molecule has 2 aromatic carbocycles. The normalized spacial score (nSPS) is 11.0. The average Bonchev–Trinajstić information content (AvgIpc) is 2.83. The zero-order valence-electron chi connectivity index (χ0n) is 20.7. The molecule has 0 saturated carbocycles. The molecule has 196 valence electrons. The number of amidine groups is 1. The molecule has 0 saturated heterocycles. The predicted octanol–water partition coefficient (Wildman–Crippen LogP) is 2.49. The third-order valence-corrected chi connectivity index (χ3v) is 6.45. The van der Waals surface area contributed by atoms with Crippen LogP contribution in [0.5, 0.6) is 11.5 Å². The molecule has 0 bridgehead atoms. The lowest BCUT2D eigenvalue weighted by Gasteiger charge is -2.24. The maximum Gasteiger partial charge on any atom is 0.306 e. The van der Waals surface area contributed by atoms with E-state index in [1.165, 1.54) is 18.2 Å². The molecule has 0 unspecified atom stereocenters. The van der Waals surface area contributed by atoms with Gasteiger partial charge in [-0.25, -0.2) is 12.7 Å². The fraction of sp³-hybridized carbons (Fsp3) is 0.375. The SMILES string of the molecule is CCOc1cc(N(C(=O)CNc2ccc(C(=N)N)cc2)S(=O)(=O)CCC(=O)OC)ccc1OC(C)C. The highest BCUT2D eigenvalue weighted by Gasteiger charge is 2.30. The van der Waals surface area contributed by atoms with E-state index in [0.717, 1.165) is 7.11 Å². The van der Waals surface area contributed by atoms with Gasteiger partial charge in [-0.15, -0.1) is 0 Å². The van der Waals surface area contributed by atoms with Gasteiger partial charge in [0.15, 0.2) is 11.5 Å². The summed E-state index contributed by atoms with van der Waals surface area (Å²) in [5.41, 5.74) is 6.52. The van der Waals surface area contributed by atoms with Gasteiger partial charge in [-0.3, -0.25) is 15.0 Å². The van der Waals surface area contributed by atoms with Crippen LogP contribution >= 0.6 is 0 Å². The largest absolute Gasteiger partial charge is 0.490 e. The first-order valence-electron chi connectivity index (χ1n) is 11.2. The number of esters is 1. The number of carbonyl (C=O) groups excluding carboxylic acids is 2. The molecule has 36 heavy (non-hydrogen) atoms. The number of methoxy groups -OCH3 is 1. The molecule has 2 aromatic rings. The number of carbonyl (C=O) groups is 2. The first kappa shape index (κ1) is 28.4. The number of nitrogens with one attached hydrogen (secondary N) is 2. The Balaban J connectivity index is 2.39. The molecule has 12 heteroatoms. The van der Waals surface area contributed by atoms with E-state index in [4.69, 9.17) is 20.6 Å². The topological polar surface area (TPSA) is 161 Å².